The lowest BCUT2D eigenvalue weighted by molar-refractivity contribution is 0.284. The number of methoxy groups -OCH3 is 1. The van der Waals surface area contributed by atoms with Gasteiger partial charge in [-0.2, -0.15) is 5.10 Å². The molecule has 0 unspecified atom stereocenters. The molecule has 0 saturated carbocycles. The van der Waals surface area contributed by atoms with Crippen LogP contribution in [0.15, 0.2) is 56.8 Å². The van der Waals surface area contributed by atoms with E-state index in [1.54, 1.807) is 27.2 Å². The molecule has 0 aliphatic rings. The average Bonchev–Trinajstić information content (AvgIpc) is 2.72. The van der Waals surface area contributed by atoms with E-state index >= 15 is 0 Å². The summed E-state index contributed by atoms with van der Waals surface area (Å²) >= 11 is 3.42. The highest BCUT2D eigenvalue weighted by molar-refractivity contribution is 9.10. The van der Waals surface area contributed by atoms with E-state index < -0.39 is 0 Å². The molecule has 0 saturated heterocycles. The van der Waals surface area contributed by atoms with E-state index in [2.05, 4.69) is 36.4 Å². The zero-order valence-electron chi connectivity index (χ0n) is 16.3. The fourth-order valence-electron chi connectivity index (χ4n) is 2.49. The largest absolute Gasteiger partial charge is 0.493 e. The first kappa shape index (κ1) is 20.6. The second-order valence-corrected chi connectivity index (χ2v) is 7.24. The molecular weight excluding hydrogens is 436 g/mol. The Bertz CT molecular complexity index is 1080. The molecule has 3 aromatic rings. The number of nitrogens with one attached hydrogen (secondary N) is 2. The van der Waals surface area contributed by atoms with Crippen molar-refractivity contribution in [2.24, 2.45) is 5.10 Å². The maximum Gasteiger partial charge on any atom is 0.255 e. The third kappa shape index (κ3) is 5.45. The van der Waals surface area contributed by atoms with Crippen molar-refractivity contribution < 1.29 is 9.47 Å². The van der Waals surface area contributed by atoms with E-state index in [1.807, 2.05) is 42.5 Å². The zero-order valence-corrected chi connectivity index (χ0v) is 17.9. The van der Waals surface area contributed by atoms with Crippen molar-refractivity contribution in [2.45, 2.75) is 20.5 Å². The SMILES string of the molecule is COc1cc(/C=N\Nc2nc(C)c(C)c(=O)[nH]2)ccc1OCc1ccc(Br)cc1. The molecule has 2 N–H and O–H groups in total. The zero-order chi connectivity index (χ0) is 20.8. The van der Waals surface area contributed by atoms with Crippen LogP contribution in [-0.4, -0.2) is 23.3 Å². The molecule has 8 heteroatoms. The molecule has 0 aliphatic carbocycles. The second kappa shape index (κ2) is 9.38. The van der Waals surface area contributed by atoms with Crippen LogP contribution in [0.1, 0.15) is 22.4 Å². The van der Waals surface area contributed by atoms with Crippen molar-refractivity contribution in [3.8, 4) is 11.5 Å². The molecule has 0 spiro atoms. The Hall–Kier alpha value is -3.13. The van der Waals surface area contributed by atoms with Crippen molar-refractivity contribution in [1.82, 2.24) is 9.97 Å². The highest BCUT2D eigenvalue weighted by atomic mass is 79.9. The number of anilines is 1. The Balaban J connectivity index is 1.67. The van der Waals surface area contributed by atoms with Gasteiger partial charge in [0.25, 0.3) is 5.56 Å². The number of aryl methyl sites for hydroxylation is 1. The molecule has 2 aromatic carbocycles. The first-order chi connectivity index (χ1) is 14.0. The molecule has 0 fully saturated rings. The highest BCUT2D eigenvalue weighted by Crippen LogP contribution is 2.28. The van der Waals surface area contributed by atoms with Gasteiger partial charge < -0.3 is 9.47 Å². The topological polar surface area (TPSA) is 88.6 Å². The second-order valence-electron chi connectivity index (χ2n) is 6.32. The maximum atomic E-state index is 11.8. The third-order valence-corrected chi connectivity index (χ3v) is 4.80. The Labute approximate surface area is 176 Å². The lowest BCUT2D eigenvalue weighted by Crippen LogP contribution is -2.15. The van der Waals surface area contributed by atoms with Gasteiger partial charge in [-0.25, -0.2) is 10.4 Å². The number of benzene rings is 2. The quantitative estimate of drug-likeness (QED) is 0.411. The minimum Gasteiger partial charge on any atom is -0.493 e. The van der Waals surface area contributed by atoms with Crippen LogP contribution >= 0.6 is 15.9 Å². The number of halogens is 1. The number of H-pyrrole nitrogens is 1. The highest BCUT2D eigenvalue weighted by Gasteiger charge is 2.06. The van der Waals surface area contributed by atoms with Crippen LogP contribution < -0.4 is 20.5 Å². The summed E-state index contributed by atoms with van der Waals surface area (Å²) in [5, 5.41) is 4.12. The normalized spacial score (nSPS) is 10.9. The summed E-state index contributed by atoms with van der Waals surface area (Å²) in [7, 11) is 1.59. The molecular formula is C21H21BrN4O3. The first-order valence-corrected chi connectivity index (χ1v) is 9.67. The lowest BCUT2D eigenvalue weighted by Gasteiger charge is -2.11. The van der Waals surface area contributed by atoms with Gasteiger partial charge in [-0.1, -0.05) is 28.1 Å². The Morgan fingerprint density at radius 2 is 1.93 bits per heavy atom. The lowest BCUT2D eigenvalue weighted by atomic mass is 10.2. The minimum atomic E-state index is -0.191. The van der Waals surface area contributed by atoms with E-state index in [0.29, 0.717) is 29.4 Å². The summed E-state index contributed by atoms with van der Waals surface area (Å²) in [6.45, 7) is 3.93. The van der Waals surface area contributed by atoms with Crippen LogP contribution in [0.3, 0.4) is 0 Å². The standard InChI is InChI=1S/C21H21BrN4O3/c1-13-14(2)24-21(25-20(13)27)26-23-11-16-6-9-18(19(10-16)28-3)29-12-15-4-7-17(22)8-5-15/h4-11H,12H2,1-3H3,(H2,24,25,26,27)/b23-11-. The summed E-state index contributed by atoms with van der Waals surface area (Å²) < 4.78 is 12.3. The molecule has 0 bridgehead atoms. The summed E-state index contributed by atoms with van der Waals surface area (Å²) in [6.07, 6.45) is 1.61. The van der Waals surface area contributed by atoms with E-state index in [9.17, 15) is 4.79 Å². The van der Waals surface area contributed by atoms with Crippen molar-refractivity contribution in [3.63, 3.8) is 0 Å². The van der Waals surface area contributed by atoms with E-state index in [0.717, 1.165) is 15.6 Å². The van der Waals surface area contributed by atoms with Gasteiger partial charge in [0.05, 0.1) is 13.3 Å². The summed E-state index contributed by atoms with van der Waals surface area (Å²) in [4.78, 5) is 18.6. The van der Waals surface area contributed by atoms with Gasteiger partial charge in [0.1, 0.15) is 6.61 Å². The fourth-order valence-corrected chi connectivity index (χ4v) is 2.76. The van der Waals surface area contributed by atoms with Gasteiger partial charge in [-0.15, -0.1) is 0 Å². The molecule has 1 aromatic heterocycles. The number of aromatic nitrogens is 2. The average molecular weight is 457 g/mol. The first-order valence-electron chi connectivity index (χ1n) is 8.88. The van der Waals surface area contributed by atoms with Crippen molar-refractivity contribution in [3.05, 3.63) is 79.7 Å². The van der Waals surface area contributed by atoms with Crippen LogP contribution in [0.4, 0.5) is 5.95 Å². The molecule has 0 aliphatic heterocycles. The van der Waals surface area contributed by atoms with E-state index in [1.165, 1.54) is 0 Å². The molecule has 1 heterocycles. The smallest absolute Gasteiger partial charge is 0.255 e. The summed E-state index contributed by atoms with van der Waals surface area (Å²) in [5.41, 5.74) is 5.64. The van der Waals surface area contributed by atoms with Crippen molar-refractivity contribution in [2.75, 3.05) is 12.5 Å². The molecule has 3 rings (SSSR count). The van der Waals surface area contributed by atoms with E-state index in [4.69, 9.17) is 9.47 Å². The van der Waals surface area contributed by atoms with E-state index in [-0.39, 0.29) is 11.5 Å². The van der Waals surface area contributed by atoms with Crippen LogP contribution in [0.25, 0.3) is 0 Å². The van der Waals surface area contributed by atoms with Gasteiger partial charge in [-0.05, 0) is 55.3 Å². The van der Waals surface area contributed by atoms with Gasteiger partial charge in [-0.3, -0.25) is 9.78 Å². The van der Waals surface area contributed by atoms with Crippen molar-refractivity contribution >= 4 is 28.1 Å². The molecule has 29 heavy (non-hydrogen) atoms. The third-order valence-electron chi connectivity index (χ3n) is 4.27. The number of rotatable bonds is 7. The molecule has 0 radical (unpaired) electrons. The van der Waals surface area contributed by atoms with Gasteiger partial charge in [0, 0.05) is 15.7 Å². The monoisotopic (exact) mass is 456 g/mol. The van der Waals surface area contributed by atoms with Gasteiger partial charge >= 0.3 is 0 Å². The van der Waals surface area contributed by atoms with Gasteiger partial charge in [0.2, 0.25) is 5.95 Å². The molecule has 150 valence electrons. The molecule has 0 amide bonds. The van der Waals surface area contributed by atoms with Crippen LogP contribution in [-0.2, 0) is 6.61 Å². The van der Waals surface area contributed by atoms with Crippen LogP contribution in [0, 0.1) is 13.8 Å². The maximum absolute atomic E-state index is 11.8. The number of hydrogen-bond donors (Lipinski definition) is 2. The Morgan fingerprint density at radius 1 is 1.17 bits per heavy atom. The predicted octanol–water partition coefficient (Wildman–Crippen LogP) is 4.18. The molecule has 7 nitrogen and oxygen atoms in total. The van der Waals surface area contributed by atoms with Crippen molar-refractivity contribution in [1.29, 1.82) is 0 Å². The number of hydrogen-bond acceptors (Lipinski definition) is 6. The number of aromatic amines is 1. The van der Waals surface area contributed by atoms with Gasteiger partial charge in [0.15, 0.2) is 11.5 Å². The number of nitrogens with zero attached hydrogens (tertiary/aromatic N) is 2. The number of hydrazone groups is 1. The minimum absolute atomic E-state index is 0.191. The van der Waals surface area contributed by atoms with Crippen LogP contribution in [0.2, 0.25) is 0 Å². The predicted molar refractivity (Wildman–Crippen MR) is 117 cm³/mol. The number of ether oxygens (including phenoxy) is 2. The fraction of sp³-hybridized carbons (Fsp3) is 0.190. The summed E-state index contributed by atoms with van der Waals surface area (Å²) in [6, 6.07) is 13.4. The Kier molecular flexibility index (Phi) is 6.66. The molecule has 0 atom stereocenters. The summed E-state index contributed by atoms with van der Waals surface area (Å²) in [5.74, 6) is 1.53. The Morgan fingerprint density at radius 3 is 2.62 bits per heavy atom. The van der Waals surface area contributed by atoms with Crippen LogP contribution in [0.5, 0.6) is 11.5 Å².